The normalized spacial score (nSPS) is 10.1. The highest BCUT2D eigenvalue weighted by Crippen LogP contribution is 2.16. The van der Waals surface area contributed by atoms with E-state index in [1.165, 1.54) is 24.5 Å². The Balaban J connectivity index is 2.21. The smallest absolute Gasteiger partial charge is 0.258 e. The van der Waals surface area contributed by atoms with E-state index in [2.05, 4.69) is 31.4 Å². The fourth-order valence-corrected chi connectivity index (χ4v) is 1.52. The Kier molecular flexibility index (Phi) is 3.00. The van der Waals surface area contributed by atoms with Gasteiger partial charge in [0.05, 0.1) is 17.4 Å². The first kappa shape index (κ1) is 10.8. The Morgan fingerprint density at radius 1 is 1.50 bits per heavy atom. The van der Waals surface area contributed by atoms with Crippen LogP contribution in [-0.4, -0.2) is 16.1 Å². The van der Waals surface area contributed by atoms with Gasteiger partial charge in [-0.05, 0) is 18.2 Å². The van der Waals surface area contributed by atoms with Gasteiger partial charge in [-0.2, -0.15) is 5.10 Å². The van der Waals surface area contributed by atoms with Gasteiger partial charge in [-0.25, -0.2) is 4.39 Å². The molecule has 0 unspecified atom stereocenters. The fraction of sp³-hybridized carbons (Fsp3) is 0. The Morgan fingerprint density at radius 2 is 2.31 bits per heavy atom. The van der Waals surface area contributed by atoms with E-state index in [-0.39, 0.29) is 5.56 Å². The maximum absolute atomic E-state index is 13.4. The van der Waals surface area contributed by atoms with Crippen molar-refractivity contribution in [1.82, 2.24) is 10.2 Å². The summed E-state index contributed by atoms with van der Waals surface area (Å²) in [5.74, 6) is -1.08. The van der Waals surface area contributed by atoms with E-state index in [4.69, 9.17) is 0 Å². The van der Waals surface area contributed by atoms with Crippen molar-refractivity contribution in [1.29, 1.82) is 0 Å². The molecule has 6 heteroatoms. The molecule has 4 nitrogen and oxygen atoms in total. The zero-order valence-corrected chi connectivity index (χ0v) is 9.58. The number of amides is 1. The molecule has 0 aliphatic rings. The molecule has 2 aromatic rings. The molecule has 1 aromatic heterocycles. The number of aromatic amines is 1. The summed E-state index contributed by atoms with van der Waals surface area (Å²) in [5.41, 5.74) is 0.483. The SMILES string of the molecule is O=C(Nc1cn[nH]c1)c1ccc(Br)cc1F. The molecule has 0 saturated heterocycles. The van der Waals surface area contributed by atoms with Crippen LogP contribution in [0, 0.1) is 5.82 Å². The van der Waals surface area contributed by atoms with Crippen molar-refractivity contribution in [3.8, 4) is 0 Å². The summed E-state index contributed by atoms with van der Waals surface area (Å²) in [7, 11) is 0. The number of hydrogen-bond donors (Lipinski definition) is 2. The molecule has 16 heavy (non-hydrogen) atoms. The minimum absolute atomic E-state index is 0.00981. The maximum atomic E-state index is 13.4. The maximum Gasteiger partial charge on any atom is 0.258 e. The second-order valence-corrected chi connectivity index (χ2v) is 3.98. The van der Waals surface area contributed by atoms with Gasteiger partial charge in [0.25, 0.3) is 5.91 Å². The molecule has 0 radical (unpaired) electrons. The zero-order chi connectivity index (χ0) is 11.5. The molecule has 0 aliphatic carbocycles. The lowest BCUT2D eigenvalue weighted by molar-refractivity contribution is 0.102. The molecule has 1 heterocycles. The number of hydrogen-bond acceptors (Lipinski definition) is 2. The molecule has 1 aromatic carbocycles. The van der Waals surface area contributed by atoms with Gasteiger partial charge < -0.3 is 5.32 Å². The van der Waals surface area contributed by atoms with Crippen molar-refractivity contribution in [2.75, 3.05) is 5.32 Å². The summed E-state index contributed by atoms with van der Waals surface area (Å²) in [6.07, 6.45) is 2.95. The Bertz CT molecular complexity index is 513. The molecule has 0 aliphatic heterocycles. The average Bonchev–Trinajstić information content (AvgIpc) is 2.70. The highest BCUT2D eigenvalue weighted by Gasteiger charge is 2.12. The molecule has 2 rings (SSSR count). The van der Waals surface area contributed by atoms with Gasteiger partial charge in [0, 0.05) is 10.7 Å². The summed E-state index contributed by atoms with van der Waals surface area (Å²) < 4.78 is 14.0. The van der Waals surface area contributed by atoms with Gasteiger partial charge >= 0.3 is 0 Å². The number of halogens is 2. The molecular formula is C10H7BrFN3O. The van der Waals surface area contributed by atoms with Gasteiger partial charge in [0.15, 0.2) is 0 Å². The Hall–Kier alpha value is -1.69. The molecule has 82 valence electrons. The molecule has 0 saturated carbocycles. The van der Waals surface area contributed by atoms with Crippen LogP contribution < -0.4 is 5.32 Å². The van der Waals surface area contributed by atoms with Crippen LogP contribution in [0.2, 0.25) is 0 Å². The lowest BCUT2D eigenvalue weighted by Crippen LogP contribution is -2.13. The van der Waals surface area contributed by atoms with Crippen LogP contribution in [0.15, 0.2) is 35.1 Å². The van der Waals surface area contributed by atoms with E-state index in [0.717, 1.165) is 0 Å². The predicted octanol–water partition coefficient (Wildman–Crippen LogP) is 2.56. The fourth-order valence-electron chi connectivity index (χ4n) is 1.19. The first-order valence-electron chi connectivity index (χ1n) is 4.42. The summed E-state index contributed by atoms with van der Waals surface area (Å²) in [6, 6.07) is 4.26. The third-order valence-corrected chi connectivity index (χ3v) is 2.43. The van der Waals surface area contributed by atoms with Gasteiger partial charge in [0.2, 0.25) is 0 Å². The third kappa shape index (κ3) is 2.27. The van der Waals surface area contributed by atoms with Gasteiger partial charge in [-0.1, -0.05) is 15.9 Å². The van der Waals surface area contributed by atoms with Crippen LogP contribution in [0.5, 0.6) is 0 Å². The first-order chi connectivity index (χ1) is 7.66. The van der Waals surface area contributed by atoms with Crippen molar-refractivity contribution in [2.45, 2.75) is 0 Å². The van der Waals surface area contributed by atoms with Crippen LogP contribution in [0.1, 0.15) is 10.4 Å². The van der Waals surface area contributed by atoms with E-state index >= 15 is 0 Å². The van der Waals surface area contributed by atoms with Crippen molar-refractivity contribution in [3.05, 3.63) is 46.4 Å². The summed E-state index contributed by atoms with van der Waals surface area (Å²) in [6.45, 7) is 0. The third-order valence-electron chi connectivity index (χ3n) is 1.93. The number of aromatic nitrogens is 2. The summed E-state index contributed by atoms with van der Waals surface area (Å²) in [5, 5.41) is 8.72. The first-order valence-corrected chi connectivity index (χ1v) is 5.21. The number of benzene rings is 1. The van der Waals surface area contributed by atoms with Crippen LogP contribution >= 0.6 is 15.9 Å². The number of H-pyrrole nitrogens is 1. The molecule has 0 fully saturated rings. The van der Waals surface area contributed by atoms with Crippen LogP contribution in [0.25, 0.3) is 0 Å². The van der Waals surface area contributed by atoms with Crippen molar-refractivity contribution in [2.24, 2.45) is 0 Å². The van der Waals surface area contributed by atoms with E-state index in [1.54, 1.807) is 6.07 Å². The van der Waals surface area contributed by atoms with Crippen LogP contribution in [0.4, 0.5) is 10.1 Å². The molecule has 0 bridgehead atoms. The Labute approximate surface area is 99.0 Å². The average molecular weight is 284 g/mol. The zero-order valence-electron chi connectivity index (χ0n) is 8.00. The lowest BCUT2D eigenvalue weighted by Gasteiger charge is -2.03. The number of carbonyl (C=O) groups excluding carboxylic acids is 1. The second kappa shape index (κ2) is 4.44. The van der Waals surface area contributed by atoms with Gasteiger partial charge in [-0.15, -0.1) is 0 Å². The number of carbonyl (C=O) groups is 1. The van der Waals surface area contributed by atoms with Crippen LogP contribution in [-0.2, 0) is 0 Å². The molecule has 0 atom stereocenters. The van der Waals surface area contributed by atoms with E-state index in [9.17, 15) is 9.18 Å². The lowest BCUT2D eigenvalue weighted by atomic mass is 10.2. The summed E-state index contributed by atoms with van der Waals surface area (Å²) in [4.78, 5) is 11.6. The molecule has 2 N–H and O–H groups in total. The van der Waals surface area contributed by atoms with Crippen molar-refractivity contribution in [3.63, 3.8) is 0 Å². The minimum atomic E-state index is -0.574. The van der Waals surface area contributed by atoms with E-state index in [0.29, 0.717) is 10.2 Å². The standard InChI is InChI=1S/C10H7BrFN3O/c11-6-1-2-8(9(12)3-6)10(16)15-7-4-13-14-5-7/h1-5H,(H,13,14)(H,15,16). The highest BCUT2D eigenvalue weighted by atomic mass is 79.9. The second-order valence-electron chi connectivity index (χ2n) is 3.07. The minimum Gasteiger partial charge on any atom is -0.319 e. The van der Waals surface area contributed by atoms with E-state index in [1.807, 2.05) is 0 Å². The van der Waals surface area contributed by atoms with E-state index < -0.39 is 11.7 Å². The monoisotopic (exact) mass is 283 g/mol. The largest absolute Gasteiger partial charge is 0.319 e. The molecule has 1 amide bonds. The van der Waals surface area contributed by atoms with Gasteiger partial charge in [-0.3, -0.25) is 9.89 Å². The molecular weight excluding hydrogens is 277 g/mol. The topological polar surface area (TPSA) is 57.8 Å². The number of nitrogens with zero attached hydrogens (tertiary/aromatic N) is 1. The number of nitrogens with one attached hydrogen (secondary N) is 2. The van der Waals surface area contributed by atoms with Crippen molar-refractivity contribution >= 4 is 27.5 Å². The summed E-state index contributed by atoms with van der Waals surface area (Å²) >= 11 is 3.12. The Morgan fingerprint density at radius 3 is 2.94 bits per heavy atom. The highest BCUT2D eigenvalue weighted by molar-refractivity contribution is 9.10. The number of rotatable bonds is 2. The quantitative estimate of drug-likeness (QED) is 0.890. The number of anilines is 1. The van der Waals surface area contributed by atoms with Crippen molar-refractivity contribution < 1.29 is 9.18 Å². The predicted molar refractivity (Wildman–Crippen MR) is 60.6 cm³/mol. The van der Waals surface area contributed by atoms with Crippen LogP contribution in [0.3, 0.4) is 0 Å². The van der Waals surface area contributed by atoms with Gasteiger partial charge in [0.1, 0.15) is 5.82 Å². The molecule has 0 spiro atoms.